The lowest BCUT2D eigenvalue weighted by molar-refractivity contribution is 0.0967. The van der Waals surface area contributed by atoms with Gasteiger partial charge in [-0.25, -0.2) is 9.97 Å². The van der Waals surface area contributed by atoms with Gasteiger partial charge in [0.2, 0.25) is 5.88 Å². The van der Waals surface area contributed by atoms with E-state index < -0.39 is 8.07 Å². The van der Waals surface area contributed by atoms with Crippen LogP contribution in [0.3, 0.4) is 0 Å². The third kappa shape index (κ3) is 4.77. The van der Waals surface area contributed by atoms with E-state index in [0.29, 0.717) is 23.1 Å². The second-order valence-electron chi connectivity index (χ2n) is 6.64. The maximum Gasteiger partial charge on any atom is 0.218 e. The van der Waals surface area contributed by atoms with Crippen LogP contribution in [-0.4, -0.2) is 24.1 Å². The molecule has 0 radical (unpaired) electrons. The van der Waals surface area contributed by atoms with E-state index in [1.807, 2.05) is 0 Å². The monoisotopic (exact) mass is 298 g/mol. The van der Waals surface area contributed by atoms with Gasteiger partial charge in [0, 0.05) is 14.1 Å². The summed E-state index contributed by atoms with van der Waals surface area (Å²) in [5.41, 5.74) is 0. The van der Waals surface area contributed by atoms with E-state index in [9.17, 15) is 0 Å². The summed E-state index contributed by atoms with van der Waals surface area (Å²) < 4.78 is 6.08. The van der Waals surface area contributed by atoms with Crippen molar-refractivity contribution in [1.29, 1.82) is 0 Å². The van der Waals surface area contributed by atoms with Gasteiger partial charge in [0.25, 0.3) is 0 Å². The summed E-state index contributed by atoms with van der Waals surface area (Å²) in [7, 11) is -1.05. The third-order valence-corrected chi connectivity index (χ3v) is 5.55. The van der Waals surface area contributed by atoms with E-state index in [1.165, 1.54) is 31.6 Å². The minimum absolute atomic E-state index is 0.298. The first kappa shape index (κ1) is 14.8. The van der Waals surface area contributed by atoms with Gasteiger partial charge in [-0.3, -0.25) is 0 Å². The second-order valence-corrected chi connectivity index (χ2v) is 12.6. The summed E-state index contributed by atoms with van der Waals surface area (Å²) in [5.74, 6) is 1.29. The predicted octanol–water partition coefficient (Wildman–Crippen LogP) is 4.41. The fourth-order valence-corrected chi connectivity index (χ4v) is 5.06. The van der Waals surface area contributed by atoms with Crippen LogP contribution in [0, 0.1) is 5.92 Å². The molecule has 1 aromatic rings. The summed E-state index contributed by atoms with van der Waals surface area (Å²) in [6.45, 7) is 7.29. The molecule has 3 nitrogen and oxygen atoms in total. The molecule has 19 heavy (non-hydrogen) atoms. The molecule has 1 fully saturated rings. The lowest BCUT2D eigenvalue weighted by Crippen LogP contribution is -2.36. The van der Waals surface area contributed by atoms with E-state index in [-0.39, 0.29) is 0 Å². The molecule has 1 saturated carbocycles. The van der Waals surface area contributed by atoms with Crippen molar-refractivity contribution in [3.63, 3.8) is 0 Å². The van der Waals surface area contributed by atoms with E-state index >= 15 is 0 Å². The molecule has 0 bridgehead atoms. The van der Waals surface area contributed by atoms with Gasteiger partial charge in [-0.15, -0.1) is 0 Å². The zero-order valence-electron chi connectivity index (χ0n) is 12.0. The van der Waals surface area contributed by atoms with Gasteiger partial charge >= 0.3 is 0 Å². The number of nitrogens with zero attached hydrogens (tertiary/aromatic N) is 2. The number of hydrogen-bond donors (Lipinski definition) is 0. The first-order valence-electron chi connectivity index (χ1n) is 7.08. The summed E-state index contributed by atoms with van der Waals surface area (Å²) in [5, 5.41) is 0.447. The van der Waals surface area contributed by atoms with Gasteiger partial charge in [-0.05, 0) is 25.2 Å². The molecule has 1 aliphatic rings. The van der Waals surface area contributed by atoms with Crippen LogP contribution in [0.2, 0.25) is 30.8 Å². The normalized spacial score (nSPS) is 24.2. The molecule has 106 valence electrons. The largest absolute Gasteiger partial charge is 0.474 e. The number of aromatic nitrogens is 2. The average Bonchev–Trinajstić information content (AvgIpc) is 2.30. The molecular weight excluding hydrogens is 276 g/mol. The zero-order valence-corrected chi connectivity index (χ0v) is 13.8. The lowest BCUT2D eigenvalue weighted by atomic mass is 9.88. The zero-order chi connectivity index (χ0) is 13.9. The van der Waals surface area contributed by atoms with Crippen LogP contribution in [0.15, 0.2) is 12.4 Å². The Labute approximate surface area is 121 Å². The van der Waals surface area contributed by atoms with Crippen LogP contribution >= 0.6 is 11.6 Å². The molecule has 2 atom stereocenters. The smallest absolute Gasteiger partial charge is 0.218 e. The van der Waals surface area contributed by atoms with Crippen LogP contribution in [0.25, 0.3) is 0 Å². The highest BCUT2D eigenvalue weighted by Gasteiger charge is 2.31. The van der Waals surface area contributed by atoms with Crippen molar-refractivity contribution in [3.05, 3.63) is 17.5 Å². The van der Waals surface area contributed by atoms with Gasteiger partial charge in [-0.2, -0.15) is 0 Å². The van der Waals surface area contributed by atoms with E-state index in [2.05, 4.69) is 29.6 Å². The van der Waals surface area contributed by atoms with Crippen LogP contribution < -0.4 is 4.74 Å². The lowest BCUT2D eigenvalue weighted by Gasteiger charge is -2.34. The van der Waals surface area contributed by atoms with E-state index in [4.69, 9.17) is 16.3 Å². The maximum absolute atomic E-state index is 6.08. The first-order valence-corrected chi connectivity index (χ1v) is 11.2. The molecular formula is C14H23ClN2OSi. The first-order chi connectivity index (χ1) is 8.94. The number of hydrogen-bond acceptors (Lipinski definition) is 3. The highest BCUT2D eigenvalue weighted by Crippen LogP contribution is 2.33. The molecule has 5 heteroatoms. The van der Waals surface area contributed by atoms with Gasteiger partial charge in [0.1, 0.15) is 17.6 Å². The molecule has 1 aliphatic carbocycles. The molecule has 2 unspecified atom stereocenters. The van der Waals surface area contributed by atoms with Crippen molar-refractivity contribution >= 4 is 19.7 Å². The summed E-state index contributed by atoms with van der Waals surface area (Å²) in [4.78, 5) is 8.05. The highest BCUT2D eigenvalue weighted by molar-refractivity contribution is 6.76. The van der Waals surface area contributed by atoms with E-state index in [1.54, 1.807) is 6.07 Å². The Balaban J connectivity index is 2.03. The summed E-state index contributed by atoms with van der Waals surface area (Å²) >= 11 is 5.88. The number of halogens is 1. The average molecular weight is 299 g/mol. The van der Waals surface area contributed by atoms with Gasteiger partial charge < -0.3 is 4.74 Å². The Morgan fingerprint density at radius 1 is 1.26 bits per heavy atom. The minimum Gasteiger partial charge on any atom is -0.474 e. The van der Waals surface area contributed by atoms with Crippen LogP contribution in [0.5, 0.6) is 5.88 Å². The molecule has 1 aromatic heterocycles. The summed E-state index contributed by atoms with van der Waals surface area (Å²) in [6, 6.07) is 3.04. The molecule has 2 rings (SSSR count). The van der Waals surface area contributed by atoms with Gasteiger partial charge in [0.15, 0.2) is 0 Å². The SMILES string of the molecule is C[Si](C)(C)CC1CCCCC1Oc1cc(Cl)ncn1. The highest BCUT2D eigenvalue weighted by atomic mass is 35.5. The number of ether oxygens (including phenoxy) is 1. The minimum atomic E-state index is -1.05. The Bertz CT molecular complexity index is 422. The molecule has 0 saturated heterocycles. The Kier molecular flexibility index (Phi) is 4.85. The Hall–Kier alpha value is -0.613. The molecule has 0 aliphatic heterocycles. The van der Waals surface area contributed by atoms with Gasteiger partial charge in [-0.1, -0.05) is 43.7 Å². The van der Waals surface area contributed by atoms with Crippen LogP contribution in [0.4, 0.5) is 0 Å². The topological polar surface area (TPSA) is 35.0 Å². The fraction of sp³-hybridized carbons (Fsp3) is 0.714. The molecule has 0 amide bonds. The Morgan fingerprint density at radius 2 is 2.00 bits per heavy atom. The predicted molar refractivity (Wildman–Crippen MR) is 81.6 cm³/mol. The van der Waals surface area contributed by atoms with Crippen LogP contribution in [0.1, 0.15) is 25.7 Å². The van der Waals surface area contributed by atoms with Crippen molar-refractivity contribution < 1.29 is 4.74 Å². The maximum atomic E-state index is 6.08. The molecule has 1 heterocycles. The van der Waals surface area contributed by atoms with Crippen molar-refractivity contribution in [2.45, 2.75) is 57.5 Å². The molecule has 0 N–H and O–H groups in total. The van der Waals surface area contributed by atoms with Crippen molar-refractivity contribution in [2.24, 2.45) is 5.92 Å². The number of rotatable bonds is 4. The summed E-state index contributed by atoms with van der Waals surface area (Å²) in [6.07, 6.45) is 6.77. The Morgan fingerprint density at radius 3 is 2.68 bits per heavy atom. The third-order valence-electron chi connectivity index (χ3n) is 3.59. The van der Waals surface area contributed by atoms with Crippen molar-refractivity contribution in [1.82, 2.24) is 9.97 Å². The second kappa shape index (κ2) is 6.22. The van der Waals surface area contributed by atoms with Crippen LogP contribution in [-0.2, 0) is 0 Å². The fourth-order valence-electron chi connectivity index (χ4n) is 2.89. The van der Waals surface area contributed by atoms with Crippen molar-refractivity contribution in [3.8, 4) is 5.88 Å². The molecule has 0 spiro atoms. The standard InChI is InChI=1S/C14H23ClN2OSi/c1-19(2,3)9-11-6-4-5-7-12(11)18-14-8-13(15)16-10-17-14/h8,10-12H,4-7,9H2,1-3H3. The van der Waals surface area contributed by atoms with Gasteiger partial charge in [0.05, 0.1) is 0 Å². The molecule has 0 aromatic carbocycles. The van der Waals surface area contributed by atoms with Crippen molar-refractivity contribution in [2.75, 3.05) is 0 Å². The quantitative estimate of drug-likeness (QED) is 0.610. The van der Waals surface area contributed by atoms with E-state index in [0.717, 1.165) is 6.42 Å².